The first-order valence-electron chi connectivity index (χ1n) is 11.2. The monoisotopic (exact) mass is 434 g/mol. The molecule has 1 aliphatic rings. The van der Waals surface area contributed by atoms with E-state index in [1.807, 2.05) is 59.4 Å². The van der Waals surface area contributed by atoms with Crippen LogP contribution < -0.4 is 14.8 Å². The summed E-state index contributed by atoms with van der Waals surface area (Å²) in [5.74, 6) is 1.52. The van der Waals surface area contributed by atoms with Crippen molar-refractivity contribution in [1.82, 2.24) is 20.0 Å². The number of rotatable bonds is 10. The molecule has 0 aliphatic carbocycles. The number of hydrogen-bond acceptors (Lipinski definition) is 5. The summed E-state index contributed by atoms with van der Waals surface area (Å²) >= 11 is 0. The molecule has 0 spiro atoms. The van der Waals surface area contributed by atoms with Crippen LogP contribution in [0.15, 0.2) is 54.7 Å². The molecule has 7 nitrogen and oxygen atoms in total. The van der Waals surface area contributed by atoms with Crippen molar-refractivity contribution >= 4 is 5.91 Å². The zero-order valence-electron chi connectivity index (χ0n) is 18.7. The van der Waals surface area contributed by atoms with Gasteiger partial charge in [0.25, 0.3) is 0 Å². The zero-order valence-corrected chi connectivity index (χ0v) is 18.7. The Balaban J connectivity index is 1.50. The Hall–Kier alpha value is -3.32. The summed E-state index contributed by atoms with van der Waals surface area (Å²) in [5.41, 5.74) is 3.79. The Morgan fingerprint density at radius 3 is 2.66 bits per heavy atom. The van der Waals surface area contributed by atoms with Gasteiger partial charge in [-0.3, -0.25) is 4.79 Å². The number of benzene rings is 2. The van der Waals surface area contributed by atoms with Crippen LogP contribution in [-0.2, 0) is 11.2 Å². The molecule has 0 saturated carbocycles. The standard InChI is InChI=1S/C25H30N4O3/c1-3-28(4-2)15-14-26-24(30)13-11-20-17-29(21-8-6-5-7-9-21)27-25(20)19-10-12-22-23(16-19)32-18-31-22/h5-10,12,16-17H,3-4,11,13-15,18H2,1-2H3,(H,26,30). The molecule has 0 atom stereocenters. The Morgan fingerprint density at radius 2 is 1.88 bits per heavy atom. The average molecular weight is 435 g/mol. The number of nitrogens with one attached hydrogen (secondary N) is 1. The normalized spacial score (nSPS) is 12.3. The summed E-state index contributed by atoms with van der Waals surface area (Å²) < 4.78 is 12.9. The molecule has 0 radical (unpaired) electrons. The first-order valence-corrected chi connectivity index (χ1v) is 11.2. The van der Waals surface area contributed by atoms with E-state index in [9.17, 15) is 4.79 Å². The minimum absolute atomic E-state index is 0.0567. The van der Waals surface area contributed by atoms with Gasteiger partial charge < -0.3 is 19.7 Å². The third-order valence-electron chi connectivity index (χ3n) is 5.72. The summed E-state index contributed by atoms with van der Waals surface area (Å²) in [7, 11) is 0. The maximum absolute atomic E-state index is 12.5. The maximum Gasteiger partial charge on any atom is 0.231 e. The molecule has 1 aromatic heterocycles. The summed E-state index contributed by atoms with van der Waals surface area (Å²) in [6.45, 7) is 8.01. The minimum Gasteiger partial charge on any atom is -0.454 e. The Labute approximate surface area is 188 Å². The number of aryl methyl sites for hydroxylation is 1. The number of fused-ring (bicyclic) bond motifs is 1. The van der Waals surface area contributed by atoms with E-state index in [1.54, 1.807) is 0 Å². The number of carbonyl (C=O) groups excluding carboxylic acids is 1. The van der Waals surface area contributed by atoms with Crippen molar-refractivity contribution in [3.8, 4) is 28.4 Å². The van der Waals surface area contributed by atoms with E-state index in [1.165, 1.54) is 0 Å². The van der Waals surface area contributed by atoms with E-state index in [0.717, 1.165) is 53.6 Å². The molecule has 0 saturated heterocycles. The minimum atomic E-state index is 0.0567. The highest BCUT2D eigenvalue weighted by Gasteiger charge is 2.18. The fourth-order valence-electron chi connectivity index (χ4n) is 3.82. The molecule has 4 rings (SSSR count). The summed E-state index contributed by atoms with van der Waals surface area (Å²) in [4.78, 5) is 14.8. The molecular formula is C25H30N4O3. The van der Waals surface area contributed by atoms with Crippen LogP contribution in [0.25, 0.3) is 16.9 Å². The van der Waals surface area contributed by atoms with Crippen molar-refractivity contribution in [3.05, 3.63) is 60.3 Å². The van der Waals surface area contributed by atoms with E-state index >= 15 is 0 Å². The van der Waals surface area contributed by atoms with Gasteiger partial charge in [0.1, 0.15) is 0 Å². The van der Waals surface area contributed by atoms with Crippen molar-refractivity contribution in [1.29, 1.82) is 0 Å². The van der Waals surface area contributed by atoms with Crippen LogP contribution in [0, 0.1) is 0 Å². The topological polar surface area (TPSA) is 68.6 Å². The summed E-state index contributed by atoms with van der Waals surface area (Å²) in [6.07, 6.45) is 3.03. The van der Waals surface area contributed by atoms with E-state index in [-0.39, 0.29) is 12.7 Å². The molecule has 0 unspecified atom stereocenters. The highest BCUT2D eigenvalue weighted by molar-refractivity contribution is 5.77. The molecule has 0 bridgehead atoms. The molecular weight excluding hydrogens is 404 g/mol. The fourth-order valence-corrected chi connectivity index (χ4v) is 3.82. The third-order valence-corrected chi connectivity index (χ3v) is 5.72. The number of carbonyl (C=O) groups is 1. The first kappa shape index (κ1) is 21.9. The lowest BCUT2D eigenvalue weighted by Crippen LogP contribution is -2.34. The highest BCUT2D eigenvalue weighted by atomic mass is 16.7. The van der Waals surface area contributed by atoms with E-state index in [4.69, 9.17) is 14.6 Å². The van der Waals surface area contributed by atoms with Crippen molar-refractivity contribution in [2.45, 2.75) is 26.7 Å². The van der Waals surface area contributed by atoms with Crippen LogP contribution in [-0.4, -0.2) is 53.6 Å². The molecule has 1 aliphatic heterocycles. The summed E-state index contributed by atoms with van der Waals surface area (Å²) in [6, 6.07) is 15.8. The second-order valence-corrected chi connectivity index (χ2v) is 7.73. The van der Waals surface area contributed by atoms with Crippen LogP contribution in [0.4, 0.5) is 0 Å². The van der Waals surface area contributed by atoms with Gasteiger partial charge in [-0.25, -0.2) is 4.68 Å². The van der Waals surface area contributed by atoms with Crippen molar-refractivity contribution in [2.24, 2.45) is 0 Å². The van der Waals surface area contributed by atoms with Crippen LogP contribution in [0.5, 0.6) is 11.5 Å². The van der Waals surface area contributed by atoms with Gasteiger partial charge in [-0.15, -0.1) is 0 Å². The van der Waals surface area contributed by atoms with Crippen LogP contribution >= 0.6 is 0 Å². The molecule has 0 fully saturated rings. The van der Waals surface area contributed by atoms with Crippen molar-refractivity contribution < 1.29 is 14.3 Å². The zero-order chi connectivity index (χ0) is 22.3. The molecule has 1 amide bonds. The predicted octanol–water partition coefficient (Wildman–Crippen LogP) is 3.66. The van der Waals surface area contributed by atoms with Crippen LogP contribution in [0.2, 0.25) is 0 Å². The number of likely N-dealkylation sites (N-methyl/N-ethyl adjacent to an activating group) is 1. The average Bonchev–Trinajstić information content (AvgIpc) is 3.47. The highest BCUT2D eigenvalue weighted by Crippen LogP contribution is 2.36. The quantitative estimate of drug-likeness (QED) is 0.527. The number of hydrogen-bond donors (Lipinski definition) is 1. The third kappa shape index (κ3) is 5.11. The SMILES string of the molecule is CCN(CC)CCNC(=O)CCc1cn(-c2ccccc2)nc1-c1ccc2c(c1)OCO2. The number of aromatic nitrogens is 2. The Bertz CT molecular complexity index is 1040. The van der Waals surface area contributed by atoms with Crippen LogP contribution in [0.3, 0.4) is 0 Å². The van der Waals surface area contributed by atoms with Gasteiger partial charge in [0, 0.05) is 31.3 Å². The van der Waals surface area contributed by atoms with Gasteiger partial charge in [-0.2, -0.15) is 5.10 Å². The lowest BCUT2D eigenvalue weighted by Gasteiger charge is -2.17. The number of para-hydroxylation sites is 1. The molecule has 7 heteroatoms. The molecule has 2 heterocycles. The van der Waals surface area contributed by atoms with Gasteiger partial charge in [0.05, 0.1) is 11.4 Å². The van der Waals surface area contributed by atoms with E-state index in [2.05, 4.69) is 24.1 Å². The second-order valence-electron chi connectivity index (χ2n) is 7.73. The van der Waals surface area contributed by atoms with Crippen molar-refractivity contribution in [3.63, 3.8) is 0 Å². The number of nitrogens with zero attached hydrogens (tertiary/aromatic N) is 3. The second kappa shape index (κ2) is 10.3. The Morgan fingerprint density at radius 1 is 1.09 bits per heavy atom. The first-order chi connectivity index (χ1) is 15.7. The number of ether oxygens (including phenoxy) is 2. The largest absolute Gasteiger partial charge is 0.454 e. The van der Waals surface area contributed by atoms with Gasteiger partial charge in [-0.05, 0) is 55.4 Å². The molecule has 32 heavy (non-hydrogen) atoms. The summed E-state index contributed by atoms with van der Waals surface area (Å²) in [5, 5.41) is 7.88. The Kier molecular flexibility index (Phi) is 7.07. The fraction of sp³-hybridized carbons (Fsp3) is 0.360. The predicted molar refractivity (Wildman–Crippen MR) is 124 cm³/mol. The molecule has 1 N–H and O–H groups in total. The van der Waals surface area contributed by atoms with E-state index in [0.29, 0.717) is 19.4 Å². The molecule has 3 aromatic rings. The van der Waals surface area contributed by atoms with Gasteiger partial charge >= 0.3 is 0 Å². The molecule has 2 aromatic carbocycles. The lowest BCUT2D eigenvalue weighted by atomic mass is 10.0. The molecule has 168 valence electrons. The van der Waals surface area contributed by atoms with Gasteiger partial charge in [0.2, 0.25) is 12.7 Å². The van der Waals surface area contributed by atoms with Gasteiger partial charge in [0.15, 0.2) is 11.5 Å². The van der Waals surface area contributed by atoms with Crippen molar-refractivity contribution in [2.75, 3.05) is 33.0 Å². The van der Waals surface area contributed by atoms with Gasteiger partial charge in [-0.1, -0.05) is 32.0 Å². The van der Waals surface area contributed by atoms with Crippen LogP contribution in [0.1, 0.15) is 25.8 Å². The smallest absolute Gasteiger partial charge is 0.231 e. The maximum atomic E-state index is 12.5. The lowest BCUT2D eigenvalue weighted by molar-refractivity contribution is -0.121. The number of amides is 1. The van der Waals surface area contributed by atoms with E-state index < -0.39 is 0 Å².